The minimum Gasteiger partial charge on any atom is -0.481 e. The van der Waals surface area contributed by atoms with Crippen LogP contribution in [0.3, 0.4) is 0 Å². The summed E-state index contributed by atoms with van der Waals surface area (Å²) in [5.41, 5.74) is 1.18. The molecule has 0 fully saturated rings. The summed E-state index contributed by atoms with van der Waals surface area (Å²) in [6.07, 6.45) is 11.0. The first-order valence-electron chi connectivity index (χ1n) is 5.89. The molecule has 1 aromatic rings. The second-order valence-corrected chi connectivity index (χ2v) is 3.84. The van der Waals surface area contributed by atoms with Crippen LogP contribution in [0.2, 0.25) is 0 Å². The van der Waals surface area contributed by atoms with Crippen LogP contribution in [0, 0.1) is 0 Å². The average Bonchev–Trinajstić information content (AvgIpc) is 2.33. The molecule has 0 aromatic heterocycles. The Hall–Kier alpha value is -1.83. The Kier molecular flexibility index (Phi) is 6.49. The molecule has 90 valence electrons. The smallest absolute Gasteiger partial charge is 0.303 e. The highest BCUT2D eigenvalue weighted by molar-refractivity contribution is 5.66. The molecular formula is C15H18O2. The first-order chi connectivity index (χ1) is 8.29. The van der Waals surface area contributed by atoms with Gasteiger partial charge in [-0.2, -0.15) is 0 Å². The van der Waals surface area contributed by atoms with Crippen LogP contribution >= 0.6 is 0 Å². The van der Waals surface area contributed by atoms with Gasteiger partial charge in [0.05, 0.1) is 0 Å². The van der Waals surface area contributed by atoms with Crippen molar-refractivity contribution in [2.45, 2.75) is 25.7 Å². The van der Waals surface area contributed by atoms with Crippen LogP contribution in [-0.2, 0) is 4.79 Å². The maximum absolute atomic E-state index is 10.3. The molecule has 0 aliphatic carbocycles. The standard InChI is InChI=1S/C15H18O2/c16-15(17)13-9-4-2-1-3-6-10-14-11-7-5-8-12-14/h1,3,5-8,10-12H,2,4,9,13H2,(H,16,17)/b3-1+,10-6?. The maximum atomic E-state index is 10.3. The molecule has 0 saturated heterocycles. The summed E-state index contributed by atoms with van der Waals surface area (Å²) in [5.74, 6) is -0.710. The van der Waals surface area contributed by atoms with Crippen molar-refractivity contribution in [2.24, 2.45) is 0 Å². The topological polar surface area (TPSA) is 37.3 Å². The molecule has 2 nitrogen and oxygen atoms in total. The van der Waals surface area contributed by atoms with Gasteiger partial charge in [-0.1, -0.05) is 54.6 Å². The zero-order chi connectivity index (χ0) is 12.3. The fourth-order valence-electron chi connectivity index (χ4n) is 1.44. The molecule has 1 aromatic carbocycles. The van der Waals surface area contributed by atoms with E-state index in [9.17, 15) is 4.79 Å². The largest absolute Gasteiger partial charge is 0.481 e. The number of allylic oxidation sites excluding steroid dienone is 3. The molecule has 0 aliphatic heterocycles. The lowest BCUT2D eigenvalue weighted by Crippen LogP contribution is -1.92. The third kappa shape index (κ3) is 7.12. The van der Waals surface area contributed by atoms with Crippen LogP contribution in [-0.4, -0.2) is 11.1 Å². The van der Waals surface area contributed by atoms with E-state index in [0.717, 1.165) is 19.3 Å². The van der Waals surface area contributed by atoms with Gasteiger partial charge in [-0.05, 0) is 24.8 Å². The Labute approximate surface area is 102 Å². The van der Waals surface area contributed by atoms with E-state index in [1.165, 1.54) is 5.56 Å². The van der Waals surface area contributed by atoms with Crippen LogP contribution < -0.4 is 0 Å². The minimum absolute atomic E-state index is 0.272. The van der Waals surface area contributed by atoms with Crippen molar-refractivity contribution in [3.8, 4) is 0 Å². The van der Waals surface area contributed by atoms with E-state index >= 15 is 0 Å². The Morgan fingerprint density at radius 2 is 1.88 bits per heavy atom. The molecule has 17 heavy (non-hydrogen) atoms. The second kappa shape index (κ2) is 8.34. The van der Waals surface area contributed by atoms with Gasteiger partial charge in [-0.25, -0.2) is 0 Å². The van der Waals surface area contributed by atoms with Crippen molar-refractivity contribution in [1.82, 2.24) is 0 Å². The van der Waals surface area contributed by atoms with Gasteiger partial charge in [0.1, 0.15) is 0 Å². The molecule has 0 spiro atoms. The van der Waals surface area contributed by atoms with Crippen LogP contribution in [0.15, 0.2) is 48.6 Å². The third-order valence-electron chi connectivity index (χ3n) is 2.35. The van der Waals surface area contributed by atoms with E-state index in [1.54, 1.807) is 0 Å². The van der Waals surface area contributed by atoms with Gasteiger partial charge < -0.3 is 5.11 Å². The summed E-state index contributed by atoms with van der Waals surface area (Å²) in [5, 5.41) is 8.45. The first kappa shape index (κ1) is 13.2. The molecule has 0 aliphatic rings. The molecule has 0 atom stereocenters. The molecule has 0 unspecified atom stereocenters. The summed E-state index contributed by atoms with van der Waals surface area (Å²) in [6.45, 7) is 0. The number of aliphatic carboxylic acids is 1. The fraction of sp³-hybridized carbons (Fsp3) is 0.267. The van der Waals surface area contributed by atoms with Crippen molar-refractivity contribution in [1.29, 1.82) is 0 Å². The zero-order valence-electron chi connectivity index (χ0n) is 9.88. The molecule has 0 bridgehead atoms. The molecular weight excluding hydrogens is 212 g/mol. The lowest BCUT2D eigenvalue weighted by Gasteiger charge is -1.92. The highest BCUT2D eigenvalue weighted by atomic mass is 16.4. The average molecular weight is 230 g/mol. The Balaban J connectivity index is 2.14. The summed E-state index contributed by atoms with van der Waals surface area (Å²) in [4.78, 5) is 10.3. The van der Waals surface area contributed by atoms with Crippen molar-refractivity contribution < 1.29 is 9.90 Å². The van der Waals surface area contributed by atoms with Gasteiger partial charge in [-0.15, -0.1) is 0 Å². The van der Waals surface area contributed by atoms with Crippen LogP contribution in [0.4, 0.5) is 0 Å². The Bertz CT molecular complexity index is 377. The van der Waals surface area contributed by atoms with E-state index in [4.69, 9.17) is 5.11 Å². The second-order valence-electron chi connectivity index (χ2n) is 3.84. The van der Waals surface area contributed by atoms with E-state index in [2.05, 4.69) is 18.2 Å². The first-order valence-corrected chi connectivity index (χ1v) is 5.89. The molecule has 0 amide bonds. The van der Waals surface area contributed by atoms with Gasteiger partial charge in [0.25, 0.3) is 0 Å². The van der Waals surface area contributed by atoms with Crippen LogP contribution in [0.25, 0.3) is 6.08 Å². The van der Waals surface area contributed by atoms with Crippen molar-refractivity contribution >= 4 is 12.0 Å². The molecule has 1 rings (SSSR count). The Morgan fingerprint density at radius 3 is 2.59 bits per heavy atom. The minimum atomic E-state index is -0.710. The van der Waals surface area contributed by atoms with E-state index in [1.807, 2.05) is 36.4 Å². The van der Waals surface area contributed by atoms with Gasteiger partial charge >= 0.3 is 5.97 Å². The predicted octanol–water partition coefficient (Wildman–Crippen LogP) is 3.90. The quantitative estimate of drug-likeness (QED) is 0.569. The summed E-state index contributed by atoms with van der Waals surface area (Å²) >= 11 is 0. The number of carbonyl (C=O) groups is 1. The fourth-order valence-corrected chi connectivity index (χ4v) is 1.44. The normalized spacial score (nSPS) is 11.3. The van der Waals surface area contributed by atoms with E-state index in [0.29, 0.717) is 0 Å². The number of hydrogen-bond acceptors (Lipinski definition) is 1. The number of unbranched alkanes of at least 4 members (excludes halogenated alkanes) is 2. The lowest BCUT2D eigenvalue weighted by atomic mass is 10.2. The third-order valence-corrected chi connectivity index (χ3v) is 2.35. The lowest BCUT2D eigenvalue weighted by molar-refractivity contribution is -0.137. The maximum Gasteiger partial charge on any atom is 0.303 e. The van der Waals surface area contributed by atoms with Crippen LogP contribution in [0.5, 0.6) is 0 Å². The number of carboxylic acids is 1. The number of benzene rings is 1. The van der Waals surface area contributed by atoms with Crippen molar-refractivity contribution in [3.63, 3.8) is 0 Å². The van der Waals surface area contributed by atoms with Gasteiger partial charge in [0, 0.05) is 6.42 Å². The highest BCUT2D eigenvalue weighted by Crippen LogP contribution is 2.03. The van der Waals surface area contributed by atoms with E-state index < -0.39 is 5.97 Å². The van der Waals surface area contributed by atoms with Crippen molar-refractivity contribution in [2.75, 3.05) is 0 Å². The highest BCUT2D eigenvalue weighted by Gasteiger charge is 1.93. The number of carboxylic acid groups (broad SMARTS) is 1. The monoisotopic (exact) mass is 230 g/mol. The zero-order valence-corrected chi connectivity index (χ0v) is 9.88. The number of rotatable bonds is 7. The number of hydrogen-bond donors (Lipinski definition) is 1. The van der Waals surface area contributed by atoms with Crippen molar-refractivity contribution in [3.05, 3.63) is 54.1 Å². The van der Waals surface area contributed by atoms with Gasteiger partial charge in [0.2, 0.25) is 0 Å². The summed E-state index contributed by atoms with van der Waals surface area (Å²) < 4.78 is 0. The van der Waals surface area contributed by atoms with Crippen LogP contribution in [0.1, 0.15) is 31.2 Å². The van der Waals surface area contributed by atoms with E-state index in [-0.39, 0.29) is 6.42 Å². The van der Waals surface area contributed by atoms with Gasteiger partial charge in [0.15, 0.2) is 0 Å². The molecule has 0 saturated carbocycles. The van der Waals surface area contributed by atoms with Gasteiger partial charge in [-0.3, -0.25) is 4.79 Å². The summed E-state index contributed by atoms with van der Waals surface area (Å²) in [6, 6.07) is 10.1. The Morgan fingerprint density at radius 1 is 1.12 bits per heavy atom. The molecule has 1 N–H and O–H groups in total. The SMILES string of the molecule is O=C(O)CCCC/C=C/C=Cc1ccccc1. The molecule has 0 radical (unpaired) electrons. The predicted molar refractivity (Wildman–Crippen MR) is 70.7 cm³/mol. The summed E-state index contributed by atoms with van der Waals surface area (Å²) in [7, 11) is 0. The molecule has 0 heterocycles. The molecule has 2 heteroatoms.